The molecular weight excluding hydrogens is 237 g/mol. The van der Waals surface area contributed by atoms with E-state index >= 15 is 0 Å². The van der Waals surface area contributed by atoms with Gasteiger partial charge in [0.15, 0.2) is 0 Å². The molecule has 0 unspecified atom stereocenters. The highest BCUT2D eigenvalue weighted by atomic mass is 16.7. The summed E-state index contributed by atoms with van der Waals surface area (Å²) < 4.78 is 36.3. The number of hydrogen-bond acceptors (Lipinski definition) is 3. The van der Waals surface area contributed by atoms with E-state index in [-0.39, 0.29) is 23.9 Å². The van der Waals surface area contributed by atoms with Crippen LogP contribution < -0.4 is 5.59 Å². The van der Waals surface area contributed by atoms with Crippen LogP contribution in [-0.4, -0.2) is 23.3 Å². The van der Waals surface area contributed by atoms with Crippen molar-refractivity contribution < 1.29 is 13.4 Å². The summed E-state index contributed by atoms with van der Waals surface area (Å²) >= 11 is 0. The van der Waals surface area contributed by atoms with Gasteiger partial charge >= 0.3 is 7.12 Å². The molecule has 3 nitrogen and oxygen atoms in total. The number of rotatable bonds is 1. The molecule has 2 heterocycles. The lowest BCUT2D eigenvalue weighted by Gasteiger charge is -2.32. The lowest BCUT2D eigenvalue weighted by molar-refractivity contribution is 0.00578. The highest BCUT2D eigenvalue weighted by Crippen LogP contribution is 2.36. The Morgan fingerprint density at radius 2 is 1.68 bits per heavy atom. The zero-order chi connectivity index (χ0) is 17.1. The Hall–Kier alpha value is -0.865. The van der Waals surface area contributed by atoms with Gasteiger partial charge in [-0.1, -0.05) is 20.8 Å². The Labute approximate surface area is 121 Å². The standard InChI is InChI=1S/C15H24BNO2/c1-13(2,3)11-8-9-17-12(10-11)16-18-14(4,5)15(6,7)19-16/h8-10H,1-7H3/i8D,9D,10D. The molecule has 2 rings (SSSR count). The molecular formula is C15H24BNO2. The van der Waals surface area contributed by atoms with Crippen LogP contribution in [0.3, 0.4) is 0 Å². The average Bonchev–Trinajstić information content (AvgIpc) is 2.51. The molecule has 0 aliphatic carbocycles. The summed E-state index contributed by atoms with van der Waals surface area (Å²) in [6, 6.07) is 0.129. The van der Waals surface area contributed by atoms with Gasteiger partial charge in [-0.15, -0.1) is 0 Å². The zero-order valence-electron chi connectivity index (χ0n) is 15.8. The first-order chi connectivity index (χ1) is 9.78. The average molecular weight is 264 g/mol. The Bertz CT molecular complexity index is 596. The Morgan fingerprint density at radius 1 is 1.16 bits per heavy atom. The van der Waals surface area contributed by atoms with Gasteiger partial charge in [0.2, 0.25) is 0 Å². The van der Waals surface area contributed by atoms with E-state index in [1.54, 1.807) is 0 Å². The van der Waals surface area contributed by atoms with Crippen molar-refractivity contribution in [3.05, 3.63) is 23.8 Å². The van der Waals surface area contributed by atoms with Crippen LogP contribution in [-0.2, 0) is 14.7 Å². The molecule has 0 saturated carbocycles. The van der Waals surface area contributed by atoms with Crippen LogP contribution in [0, 0.1) is 0 Å². The van der Waals surface area contributed by atoms with Crippen molar-refractivity contribution >= 4 is 12.7 Å². The van der Waals surface area contributed by atoms with Gasteiger partial charge in [0, 0.05) is 6.17 Å². The molecule has 1 aromatic heterocycles. The molecule has 104 valence electrons. The molecule has 0 bridgehead atoms. The van der Waals surface area contributed by atoms with Crippen LogP contribution in [0.2, 0.25) is 0 Å². The minimum atomic E-state index is -0.789. The molecule has 0 radical (unpaired) electrons. The molecule has 19 heavy (non-hydrogen) atoms. The summed E-state index contributed by atoms with van der Waals surface area (Å²) in [6.45, 7) is 13.5. The maximum atomic E-state index is 8.44. The number of hydrogen-bond donors (Lipinski definition) is 0. The van der Waals surface area contributed by atoms with Crippen molar-refractivity contribution in [2.75, 3.05) is 0 Å². The third kappa shape index (κ3) is 2.70. The summed E-state index contributed by atoms with van der Waals surface area (Å²) in [5.74, 6) is 0. The maximum Gasteiger partial charge on any atom is 0.514 e. The van der Waals surface area contributed by atoms with Gasteiger partial charge in [-0.3, -0.25) is 4.98 Å². The SMILES string of the molecule is [2H]c1nc(B2OC(C)(C)C(C)(C)O2)c([2H])c(C(C)(C)C)c1[2H]. The normalized spacial score (nSPS) is 23.9. The van der Waals surface area contributed by atoms with Gasteiger partial charge in [0.25, 0.3) is 0 Å². The van der Waals surface area contributed by atoms with Crippen LogP contribution in [0.1, 0.15) is 58.1 Å². The van der Waals surface area contributed by atoms with E-state index in [1.165, 1.54) is 0 Å². The molecule has 1 fully saturated rings. The van der Waals surface area contributed by atoms with Gasteiger partial charge in [-0.2, -0.15) is 0 Å². The summed E-state index contributed by atoms with van der Waals surface area (Å²) in [4.78, 5) is 4.10. The predicted octanol–water partition coefficient (Wildman–Crippen LogP) is 2.68. The van der Waals surface area contributed by atoms with E-state index in [9.17, 15) is 0 Å². The van der Waals surface area contributed by atoms with E-state index < -0.39 is 23.7 Å². The van der Waals surface area contributed by atoms with E-state index in [0.29, 0.717) is 5.56 Å². The van der Waals surface area contributed by atoms with E-state index in [1.807, 2.05) is 48.5 Å². The summed E-state index contributed by atoms with van der Waals surface area (Å²) in [5.41, 5.74) is -0.710. The van der Waals surface area contributed by atoms with Gasteiger partial charge in [-0.25, -0.2) is 0 Å². The highest BCUT2D eigenvalue weighted by molar-refractivity contribution is 6.61. The summed E-state index contributed by atoms with van der Waals surface area (Å²) in [7, 11) is -0.789. The third-order valence-electron chi connectivity index (χ3n) is 3.84. The first kappa shape index (κ1) is 10.9. The molecule has 0 spiro atoms. The van der Waals surface area contributed by atoms with Crippen LogP contribution >= 0.6 is 0 Å². The van der Waals surface area contributed by atoms with Crippen molar-refractivity contribution in [2.24, 2.45) is 0 Å². The Morgan fingerprint density at radius 3 is 2.16 bits per heavy atom. The molecule has 1 saturated heterocycles. The minimum Gasteiger partial charge on any atom is -0.398 e. The monoisotopic (exact) mass is 264 g/mol. The second-order valence-electron chi connectivity index (χ2n) is 7.07. The second-order valence-corrected chi connectivity index (χ2v) is 7.07. The lowest BCUT2D eigenvalue weighted by atomic mass is 9.79. The molecule has 0 amide bonds. The predicted molar refractivity (Wildman–Crippen MR) is 78.7 cm³/mol. The molecule has 1 aliphatic heterocycles. The van der Waals surface area contributed by atoms with E-state index in [2.05, 4.69) is 4.98 Å². The van der Waals surface area contributed by atoms with Crippen molar-refractivity contribution in [3.8, 4) is 0 Å². The number of aromatic nitrogens is 1. The highest BCUT2D eigenvalue weighted by Gasteiger charge is 2.52. The summed E-state index contributed by atoms with van der Waals surface area (Å²) in [5, 5.41) is 0. The Balaban J connectivity index is 2.58. The van der Waals surface area contributed by atoms with Gasteiger partial charge < -0.3 is 9.31 Å². The van der Waals surface area contributed by atoms with Crippen molar-refractivity contribution in [1.29, 1.82) is 0 Å². The minimum absolute atomic E-state index is 0.00207. The fraction of sp³-hybridized carbons (Fsp3) is 0.667. The van der Waals surface area contributed by atoms with Crippen LogP contribution in [0.5, 0.6) is 0 Å². The molecule has 0 aromatic carbocycles. The fourth-order valence-electron chi connectivity index (χ4n) is 1.77. The number of pyridine rings is 1. The Kier molecular flexibility index (Phi) is 2.47. The molecule has 4 heteroatoms. The number of nitrogens with zero attached hydrogens (tertiary/aromatic N) is 1. The molecule has 1 aromatic rings. The van der Waals surface area contributed by atoms with Gasteiger partial charge in [0.05, 0.1) is 20.9 Å². The third-order valence-corrected chi connectivity index (χ3v) is 3.84. The van der Waals surface area contributed by atoms with Crippen molar-refractivity contribution in [2.45, 2.75) is 65.1 Å². The molecule has 0 atom stereocenters. The first-order valence-corrected chi connectivity index (χ1v) is 6.62. The van der Waals surface area contributed by atoms with Crippen molar-refractivity contribution in [3.63, 3.8) is 0 Å². The first-order valence-electron chi connectivity index (χ1n) is 8.12. The van der Waals surface area contributed by atoms with Gasteiger partial charge in [-0.05, 0) is 50.8 Å². The van der Waals surface area contributed by atoms with Gasteiger partial charge in [0.1, 0.15) is 0 Å². The smallest absolute Gasteiger partial charge is 0.398 e. The molecule has 0 N–H and O–H groups in total. The van der Waals surface area contributed by atoms with Crippen LogP contribution in [0.15, 0.2) is 18.3 Å². The maximum absolute atomic E-state index is 8.44. The molecule has 1 aliphatic rings. The quantitative estimate of drug-likeness (QED) is 0.731. The second kappa shape index (κ2) is 4.32. The van der Waals surface area contributed by atoms with Crippen LogP contribution in [0.25, 0.3) is 0 Å². The van der Waals surface area contributed by atoms with Crippen LogP contribution in [0.4, 0.5) is 0 Å². The fourth-order valence-corrected chi connectivity index (χ4v) is 1.77. The van der Waals surface area contributed by atoms with Crippen molar-refractivity contribution in [1.82, 2.24) is 4.98 Å². The van der Waals surface area contributed by atoms with E-state index in [0.717, 1.165) is 0 Å². The lowest BCUT2D eigenvalue weighted by Crippen LogP contribution is -2.41. The largest absolute Gasteiger partial charge is 0.514 e. The summed E-state index contributed by atoms with van der Waals surface area (Å²) in [6.07, 6.45) is -0.148. The van der Waals surface area contributed by atoms with E-state index in [4.69, 9.17) is 13.4 Å². The topological polar surface area (TPSA) is 31.4 Å². The zero-order valence-corrected chi connectivity index (χ0v) is 12.8.